The molecule has 1 heterocycles. The highest BCUT2D eigenvalue weighted by Crippen LogP contribution is 2.13. The van der Waals surface area contributed by atoms with E-state index in [9.17, 15) is 14.4 Å². The summed E-state index contributed by atoms with van der Waals surface area (Å²) in [7, 11) is 0. The lowest BCUT2D eigenvalue weighted by Crippen LogP contribution is -2.17. The largest absolute Gasteiger partial charge is 0.462 e. The zero-order valence-corrected chi connectivity index (χ0v) is 11.9. The Kier molecular flexibility index (Phi) is 5.03. The standard InChI is InChI=1S/C17H14O5/c1-2-21-17(20)13(16(19)15-9-6-10-22-15)11-14(18)12-7-4-3-5-8-12/h3-11H,2H2,1H3/b13-11+. The Balaban J connectivity index is 2.36. The van der Waals surface area contributed by atoms with Gasteiger partial charge < -0.3 is 9.15 Å². The molecule has 0 radical (unpaired) electrons. The van der Waals surface area contributed by atoms with Crippen LogP contribution < -0.4 is 0 Å². The lowest BCUT2D eigenvalue weighted by molar-refractivity contribution is -0.138. The van der Waals surface area contributed by atoms with E-state index in [-0.39, 0.29) is 17.9 Å². The maximum Gasteiger partial charge on any atom is 0.342 e. The normalized spacial score (nSPS) is 11.0. The quantitative estimate of drug-likeness (QED) is 0.269. The topological polar surface area (TPSA) is 73.6 Å². The van der Waals surface area contributed by atoms with E-state index in [1.807, 2.05) is 0 Å². The Bertz CT molecular complexity index is 696. The third-order valence-corrected chi connectivity index (χ3v) is 2.82. The summed E-state index contributed by atoms with van der Waals surface area (Å²) in [5, 5.41) is 0. The molecule has 0 saturated carbocycles. The number of rotatable bonds is 6. The highest BCUT2D eigenvalue weighted by Gasteiger charge is 2.24. The molecule has 5 heteroatoms. The van der Waals surface area contributed by atoms with Crippen molar-refractivity contribution in [3.63, 3.8) is 0 Å². The molecule has 0 amide bonds. The van der Waals surface area contributed by atoms with Crippen LogP contribution in [-0.2, 0) is 9.53 Å². The van der Waals surface area contributed by atoms with Crippen molar-refractivity contribution >= 4 is 17.5 Å². The molecular weight excluding hydrogens is 284 g/mol. The summed E-state index contributed by atoms with van der Waals surface area (Å²) in [6.07, 6.45) is 2.30. The summed E-state index contributed by atoms with van der Waals surface area (Å²) in [4.78, 5) is 36.4. The van der Waals surface area contributed by atoms with Gasteiger partial charge in [-0.25, -0.2) is 4.79 Å². The van der Waals surface area contributed by atoms with Crippen molar-refractivity contribution in [2.75, 3.05) is 6.61 Å². The number of ether oxygens (including phenoxy) is 1. The van der Waals surface area contributed by atoms with Crippen molar-refractivity contribution in [3.05, 3.63) is 71.7 Å². The minimum Gasteiger partial charge on any atom is -0.462 e. The smallest absolute Gasteiger partial charge is 0.342 e. The monoisotopic (exact) mass is 298 g/mol. The van der Waals surface area contributed by atoms with Gasteiger partial charge in [0.25, 0.3) is 0 Å². The predicted octanol–water partition coefficient (Wildman–Crippen LogP) is 2.83. The third-order valence-electron chi connectivity index (χ3n) is 2.82. The van der Waals surface area contributed by atoms with Crippen molar-refractivity contribution in [3.8, 4) is 0 Å². The second kappa shape index (κ2) is 7.17. The molecule has 0 atom stereocenters. The van der Waals surface area contributed by atoms with Gasteiger partial charge in [-0.15, -0.1) is 0 Å². The van der Waals surface area contributed by atoms with Crippen molar-refractivity contribution in [2.45, 2.75) is 6.92 Å². The minimum absolute atomic E-state index is 0.0276. The van der Waals surface area contributed by atoms with Gasteiger partial charge >= 0.3 is 5.97 Å². The summed E-state index contributed by atoms with van der Waals surface area (Å²) in [6.45, 7) is 1.72. The Labute approximate surface area is 127 Å². The van der Waals surface area contributed by atoms with Crippen LogP contribution in [0.15, 0.2) is 64.8 Å². The van der Waals surface area contributed by atoms with Crippen molar-refractivity contribution in [1.82, 2.24) is 0 Å². The number of carbonyl (C=O) groups excluding carboxylic acids is 3. The van der Waals surface area contributed by atoms with Gasteiger partial charge in [-0.3, -0.25) is 9.59 Å². The second-order valence-electron chi connectivity index (χ2n) is 4.32. The molecule has 0 saturated heterocycles. The highest BCUT2D eigenvalue weighted by molar-refractivity contribution is 6.26. The van der Waals surface area contributed by atoms with Crippen LogP contribution in [0.25, 0.3) is 0 Å². The molecule has 0 bridgehead atoms. The molecule has 2 aromatic rings. The van der Waals surface area contributed by atoms with Crippen LogP contribution in [0.1, 0.15) is 27.8 Å². The first-order valence-corrected chi connectivity index (χ1v) is 6.70. The molecule has 0 spiro atoms. The van der Waals surface area contributed by atoms with Gasteiger partial charge in [-0.1, -0.05) is 30.3 Å². The lowest BCUT2D eigenvalue weighted by atomic mass is 10.0. The summed E-state index contributed by atoms with van der Waals surface area (Å²) >= 11 is 0. The second-order valence-corrected chi connectivity index (χ2v) is 4.32. The molecule has 0 unspecified atom stereocenters. The van der Waals surface area contributed by atoms with Crippen molar-refractivity contribution in [2.24, 2.45) is 0 Å². The fourth-order valence-electron chi connectivity index (χ4n) is 1.78. The number of furan rings is 1. The first-order valence-electron chi connectivity index (χ1n) is 6.70. The molecular formula is C17H14O5. The average Bonchev–Trinajstić information content (AvgIpc) is 3.07. The highest BCUT2D eigenvalue weighted by atomic mass is 16.5. The summed E-state index contributed by atoms with van der Waals surface area (Å²) in [6, 6.07) is 11.3. The van der Waals surface area contributed by atoms with E-state index in [0.717, 1.165) is 6.08 Å². The molecule has 1 aromatic carbocycles. The molecule has 112 valence electrons. The number of hydrogen-bond donors (Lipinski definition) is 0. The lowest BCUT2D eigenvalue weighted by Gasteiger charge is -2.04. The number of ketones is 2. The molecule has 5 nitrogen and oxygen atoms in total. The Morgan fingerprint density at radius 3 is 2.41 bits per heavy atom. The molecule has 1 aromatic heterocycles. The number of hydrogen-bond acceptors (Lipinski definition) is 5. The zero-order valence-electron chi connectivity index (χ0n) is 11.9. The van der Waals surface area contributed by atoms with Crippen LogP contribution in [0.3, 0.4) is 0 Å². The van der Waals surface area contributed by atoms with Crippen LogP contribution in [0.5, 0.6) is 0 Å². The van der Waals surface area contributed by atoms with E-state index in [1.165, 1.54) is 18.4 Å². The fourth-order valence-corrected chi connectivity index (χ4v) is 1.78. The molecule has 0 aliphatic heterocycles. The van der Waals surface area contributed by atoms with Gasteiger partial charge in [0.15, 0.2) is 11.5 Å². The molecule has 0 fully saturated rings. The third kappa shape index (κ3) is 3.58. The first-order chi connectivity index (χ1) is 10.6. The van der Waals surface area contributed by atoms with Gasteiger partial charge in [0.05, 0.1) is 12.9 Å². The number of Topliss-reactive ketones (excluding diaryl/α,β-unsaturated/α-hetero) is 1. The minimum atomic E-state index is -0.854. The summed E-state index contributed by atoms with van der Waals surface area (Å²) in [5.74, 6) is -2.02. The van der Waals surface area contributed by atoms with Crippen LogP contribution >= 0.6 is 0 Å². The van der Waals surface area contributed by atoms with Gasteiger partial charge in [0, 0.05) is 11.6 Å². The number of benzene rings is 1. The maximum atomic E-state index is 12.3. The number of allylic oxidation sites excluding steroid dienone is 1. The van der Waals surface area contributed by atoms with E-state index in [4.69, 9.17) is 9.15 Å². The van der Waals surface area contributed by atoms with Gasteiger partial charge in [0.1, 0.15) is 5.57 Å². The van der Waals surface area contributed by atoms with E-state index in [1.54, 1.807) is 37.3 Å². The van der Waals surface area contributed by atoms with E-state index >= 15 is 0 Å². The average molecular weight is 298 g/mol. The first kappa shape index (κ1) is 15.4. The van der Waals surface area contributed by atoms with E-state index in [2.05, 4.69) is 0 Å². The summed E-state index contributed by atoms with van der Waals surface area (Å²) in [5.41, 5.74) is 0.0159. The summed E-state index contributed by atoms with van der Waals surface area (Å²) < 4.78 is 9.82. The molecule has 22 heavy (non-hydrogen) atoms. The van der Waals surface area contributed by atoms with Crippen LogP contribution in [0.2, 0.25) is 0 Å². The molecule has 0 N–H and O–H groups in total. The Morgan fingerprint density at radius 2 is 1.82 bits per heavy atom. The predicted molar refractivity (Wildman–Crippen MR) is 78.5 cm³/mol. The van der Waals surface area contributed by atoms with Crippen LogP contribution in [-0.4, -0.2) is 24.1 Å². The molecule has 0 aliphatic carbocycles. The molecule has 0 aliphatic rings. The van der Waals surface area contributed by atoms with Gasteiger partial charge in [-0.2, -0.15) is 0 Å². The van der Waals surface area contributed by atoms with Crippen LogP contribution in [0, 0.1) is 0 Å². The van der Waals surface area contributed by atoms with Gasteiger partial charge in [0.2, 0.25) is 5.78 Å². The van der Waals surface area contributed by atoms with E-state index in [0.29, 0.717) is 5.56 Å². The van der Waals surface area contributed by atoms with Gasteiger partial charge in [-0.05, 0) is 19.1 Å². The fraction of sp³-hybridized carbons (Fsp3) is 0.118. The zero-order chi connectivity index (χ0) is 15.9. The number of esters is 1. The molecule has 2 rings (SSSR count). The Morgan fingerprint density at radius 1 is 1.09 bits per heavy atom. The Hall–Kier alpha value is -2.95. The van der Waals surface area contributed by atoms with Crippen molar-refractivity contribution < 1.29 is 23.5 Å². The maximum absolute atomic E-state index is 12.3. The SMILES string of the molecule is CCOC(=O)/C(=C/C(=O)c1ccccc1)C(=O)c1ccco1. The number of carbonyl (C=O) groups is 3. The van der Waals surface area contributed by atoms with E-state index < -0.39 is 17.5 Å². The van der Waals surface area contributed by atoms with Crippen LogP contribution in [0.4, 0.5) is 0 Å². The van der Waals surface area contributed by atoms with Crippen molar-refractivity contribution in [1.29, 1.82) is 0 Å².